The first-order chi connectivity index (χ1) is 11.2. The van der Waals surface area contributed by atoms with E-state index in [-0.39, 0.29) is 0 Å². The standard InChI is InChI=1S/C18H22N4S/c1-14(2)18-21-17(13-23-18)10-19-8-16-9-20-22(12-16)11-15-6-4-3-5-7-15/h3-7,9,12-14,19H,8,10-11H2,1-2H3. The summed E-state index contributed by atoms with van der Waals surface area (Å²) in [7, 11) is 0. The van der Waals surface area contributed by atoms with E-state index in [2.05, 4.69) is 65.1 Å². The molecule has 0 spiro atoms. The van der Waals surface area contributed by atoms with Crippen molar-refractivity contribution >= 4 is 11.3 Å². The van der Waals surface area contributed by atoms with Gasteiger partial charge in [0, 0.05) is 36.1 Å². The van der Waals surface area contributed by atoms with Crippen LogP contribution in [0, 0.1) is 0 Å². The summed E-state index contributed by atoms with van der Waals surface area (Å²) in [4.78, 5) is 4.64. The number of hydrogen-bond acceptors (Lipinski definition) is 4. The van der Waals surface area contributed by atoms with Crippen molar-refractivity contribution in [2.75, 3.05) is 0 Å². The third-order valence-electron chi connectivity index (χ3n) is 3.57. The predicted octanol–water partition coefficient (Wildman–Crippen LogP) is 3.80. The second-order valence-electron chi connectivity index (χ2n) is 5.97. The Labute approximate surface area is 141 Å². The molecule has 0 fully saturated rings. The van der Waals surface area contributed by atoms with Crippen LogP contribution >= 0.6 is 11.3 Å². The molecule has 1 N–H and O–H groups in total. The fourth-order valence-corrected chi connectivity index (χ4v) is 3.19. The highest BCUT2D eigenvalue weighted by atomic mass is 32.1. The summed E-state index contributed by atoms with van der Waals surface area (Å²) in [5, 5.41) is 11.2. The van der Waals surface area contributed by atoms with E-state index in [1.54, 1.807) is 11.3 Å². The largest absolute Gasteiger partial charge is 0.307 e. The van der Waals surface area contributed by atoms with E-state index >= 15 is 0 Å². The number of nitrogens with one attached hydrogen (secondary N) is 1. The molecule has 23 heavy (non-hydrogen) atoms. The number of thiazole rings is 1. The van der Waals surface area contributed by atoms with Gasteiger partial charge in [-0.05, 0) is 5.56 Å². The molecular formula is C18H22N4S. The van der Waals surface area contributed by atoms with E-state index in [4.69, 9.17) is 0 Å². The summed E-state index contributed by atoms with van der Waals surface area (Å²) < 4.78 is 1.98. The molecule has 120 valence electrons. The molecule has 0 saturated heterocycles. The second-order valence-corrected chi connectivity index (χ2v) is 6.86. The number of aromatic nitrogens is 3. The van der Waals surface area contributed by atoms with Gasteiger partial charge < -0.3 is 5.32 Å². The SMILES string of the molecule is CC(C)c1nc(CNCc2cnn(Cc3ccccc3)c2)cs1. The Bertz CT molecular complexity index is 730. The van der Waals surface area contributed by atoms with Crippen molar-refractivity contribution in [3.8, 4) is 0 Å². The fourth-order valence-electron chi connectivity index (χ4n) is 2.36. The van der Waals surface area contributed by atoms with E-state index in [1.807, 2.05) is 16.9 Å². The molecule has 0 bridgehead atoms. The van der Waals surface area contributed by atoms with Gasteiger partial charge in [0.25, 0.3) is 0 Å². The van der Waals surface area contributed by atoms with E-state index in [1.165, 1.54) is 16.1 Å². The first-order valence-electron chi connectivity index (χ1n) is 7.91. The van der Waals surface area contributed by atoms with E-state index in [0.29, 0.717) is 5.92 Å². The number of benzene rings is 1. The van der Waals surface area contributed by atoms with Gasteiger partial charge in [0.15, 0.2) is 0 Å². The van der Waals surface area contributed by atoms with Crippen molar-refractivity contribution < 1.29 is 0 Å². The molecule has 4 nitrogen and oxygen atoms in total. The zero-order chi connectivity index (χ0) is 16.1. The highest BCUT2D eigenvalue weighted by molar-refractivity contribution is 7.09. The number of hydrogen-bond donors (Lipinski definition) is 1. The van der Waals surface area contributed by atoms with Crippen LogP contribution in [0.5, 0.6) is 0 Å². The first-order valence-corrected chi connectivity index (χ1v) is 8.79. The summed E-state index contributed by atoms with van der Waals surface area (Å²) >= 11 is 1.74. The normalized spacial score (nSPS) is 11.3. The fraction of sp³-hybridized carbons (Fsp3) is 0.333. The maximum atomic E-state index is 4.64. The van der Waals surface area contributed by atoms with Gasteiger partial charge in [0.2, 0.25) is 0 Å². The smallest absolute Gasteiger partial charge is 0.0954 e. The lowest BCUT2D eigenvalue weighted by Gasteiger charge is -2.02. The summed E-state index contributed by atoms with van der Waals surface area (Å²) in [6.45, 7) is 6.77. The minimum atomic E-state index is 0.505. The Hall–Kier alpha value is -1.98. The predicted molar refractivity (Wildman–Crippen MR) is 94.5 cm³/mol. The van der Waals surface area contributed by atoms with Crippen LogP contribution in [-0.4, -0.2) is 14.8 Å². The summed E-state index contributed by atoms with van der Waals surface area (Å²) in [5.74, 6) is 0.505. The molecule has 2 heterocycles. The summed E-state index contributed by atoms with van der Waals surface area (Å²) in [6, 6.07) is 10.4. The summed E-state index contributed by atoms with van der Waals surface area (Å²) in [6.07, 6.45) is 4.02. The van der Waals surface area contributed by atoms with Crippen LogP contribution < -0.4 is 5.32 Å². The van der Waals surface area contributed by atoms with Crippen molar-refractivity contribution in [3.63, 3.8) is 0 Å². The molecule has 0 amide bonds. The van der Waals surface area contributed by atoms with Crippen LogP contribution in [-0.2, 0) is 19.6 Å². The molecule has 0 atom stereocenters. The lowest BCUT2D eigenvalue weighted by Crippen LogP contribution is -2.12. The van der Waals surface area contributed by atoms with Gasteiger partial charge in [-0.25, -0.2) is 4.98 Å². The lowest BCUT2D eigenvalue weighted by molar-refractivity contribution is 0.670. The second kappa shape index (κ2) is 7.53. The van der Waals surface area contributed by atoms with Gasteiger partial charge in [0.1, 0.15) is 0 Å². The van der Waals surface area contributed by atoms with Crippen molar-refractivity contribution in [2.24, 2.45) is 0 Å². The van der Waals surface area contributed by atoms with Gasteiger partial charge in [-0.3, -0.25) is 4.68 Å². The van der Waals surface area contributed by atoms with Crippen LogP contribution in [0.15, 0.2) is 48.1 Å². The van der Waals surface area contributed by atoms with Crippen molar-refractivity contribution in [1.82, 2.24) is 20.1 Å². The molecule has 0 radical (unpaired) electrons. The Kier molecular flexibility index (Phi) is 5.20. The highest BCUT2D eigenvalue weighted by Crippen LogP contribution is 2.19. The molecule has 1 aromatic carbocycles. The van der Waals surface area contributed by atoms with Crippen LogP contribution in [0.3, 0.4) is 0 Å². The van der Waals surface area contributed by atoms with Crippen LogP contribution in [0.4, 0.5) is 0 Å². The van der Waals surface area contributed by atoms with Crippen molar-refractivity contribution in [2.45, 2.75) is 39.4 Å². The van der Waals surface area contributed by atoms with Crippen LogP contribution in [0.1, 0.15) is 41.6 Å². The summed E-state index contributed by atoms with van der Waals surface area (Å²) in [5.41, 5.74) is 3.58. The number of rotatable bonds is 7. The molecular weight excluding hydrogens is 304 g/mol. The number of nitrogens with zero attached hydrogens (tertiary/aromatic N) is 3. The highest BCUT2D eigenvalue weighted by Gasteiger charge is 2.06. The monoisotopic (exact) mass is 326 g/mol. The van der Waals surface area contributed by atoms with Crippen molar-refractivity contribution in [1.29, 1.82) is 0 Å². The van der Waals surface area contributed by atoms with Gasteiger partial charge in [-0.2, -0.15) is 5.10 Å². The third kappa shape index (κ3) is 4.50. The molecule has 3 aromatic rings. The minimum absolute atomic E-state index is 0.505. The van der Waals surface area contributed by atoms with Gasteiger partial charge >= 0.3 is 0 Å². The zero-order valence-corrected chi connectivity index (χ0v) is 14.4. The zero-order valence-electron chi connectivity index (χ0n) is 13.6. The Morgan fingerprint density at radius 3 is 2.70 bits per heavy atom. The molecule has 0 aliphatic heterocycles. The molecule has 0 unspecified atom stereocenters. The van der Waals surface area contributed by atoms with E-state index < -0.39 is 0 Å². The van der Waals surface area contributed by atoms with Crippen LogP contribution in [0.2, 0.25) is 0 Å². The Balaban J connectivity index is 1.49. The van der Waals surface area contributed by atoms with Crippen LogP contribution in [0.25, 0.3) is 0 Å². The van der Waals surface area contributed by atoms with Crippen molar-refractivity contribution in [3.05, 3.63) is 69.9 Å². The average Bonchev–Trinajstić information content (AvgIpc) is 3.18. The molecule has 5 heteroatoms. The van der Waals surface area contributed by atoms with Gasteiger partial charge in [0.05, 0.1) is 23.4 Å². The molecule has 0 aliphatic carbocycles. The first kappa shape index (κ1) is 15.9. The van der Waals surface area contributed by atoms with E-state index in [0.717, 1.165) is 25.3 Å². The van der Waals surface area contributed by atoms with Gasteiger partial charge in [-0.1, -0.05) is 44.2 Å². The Morgan fingerprint density at radius 1 is 1.13 bits per heavy atom. The average molecular weight is 326 g/mol. The molecule has 3 rings (SSSR count). The minimum Gasteiger partial charge on any atom is -0.307 e. The Morgan fingerprint density at radius 2 is 1.96 bits per heavy atom. The topological polar surface area (TPSA) is 42.7 Å². The van der Waals surface area contributed by atoms with E-state index in [9.17, 15) is 0 Å². The molecule has 0 saturated carbocycles. The van der Waals surface area contributed by atoms with Gasteiger partial charge in [-0.15, -0.1) is 11.3 Å². The third-order valence-corrected chi connectivity index (χ3v) is 4.77. The lowest BCUT2D eigenvalue weighted by atomic mass is 10.2. The maximum Gasteiger partial charge on any atom is 0.0954 e. The maximum absolute atomic E-state index is 4.64. The molecule has 2 aromatic heterocycles. The molecule has 0 aliphatic rings. The quantitative estimate of drug-likeness (QED) is 0.718.